The molecule has 0 aromatic heterocycles. The summed E-state index contributed by atoms with van der Waals surface area (Å²) in [6.45, 7) is 2.10. The van der Waals surface area contributed by atoms with Crippen molar-refractivity contribution in [1.29, 1.82) is 0 Å². The summed E-state index contributed by atoms with van der Waals surface area (Å²) in [4.78, 5) is 0. The number of aryl methyl sites for hydroxylation is 2. The second kappa shape index (κ2) is 5.19. The number of hydrogen-bond acceptors (Lipinski definition) is 2. The topological polar surface area (TPSA) is 32.3 Å². The summed E-state index contributed by atoms with van der Waals surface area (Å²) in [5.41, 5.74) is 4.82. The Morgan fingerprint density at radius 2 is 1.85 bits per heavy atom. The van der Waals surface area contributed by atoms with E-state index >= 15 is 0 Å². The minimum Gasteiger partial charge on any atom is -0.505 e. The number of fused-ring (bicyclic) bond motifs is 1. The molecular formula is C16H15Cl2NO. The fourth-order valence-electron chi connectivity index (χ4n) is 2.72. The molecule has 2 aromatic rings. The van der Waals surface area contributed by atoms with Crippen LogP contribution in [-0.4, -0.2) is 5.11 Å². The molecule has 0 fully saturated rings. The van der Waals surface area contributed by atoms with Crippen molar-refractivity contribution in [3.05, 3.63) is 57.1 Å². The summed E-state index contributed by atoms with van der Waals surface area (Å²) >= 11 is 11.9. The Bertz CT molecular complexity index is 647. The molecule has 2 N–H and O–H groups in total. The minimum atomic E-state index is -0.0680. The van der Waals surface area contributed by atoms with Crippen LogP contribution in [0.2, 0.25) is 10.0 Å². The van der Waals surface area contributed by atoms with Gasteiger partial charge in [0.1, 0.15) is 0 Å². The molecule has 0 saturated carbocycles. The number of halogens is 2. The van der Waals surface area contributed by atoms with Crippen LogP contribution in [0.15, 0.2) is 30.3 Å². The average molecular weight is 308 g/mol. The molecule has 1 aliphatic rings. The zero-order chi connectivity index (χ0) is 14.3. The molecule has 1 aliphatic carbocycles. The molecule has 0 bridgehead atoms. The fourth-order valence-corrected chi connectivity index (χ4v) is 3.21. The van der Waals surface area contributed by atoms with Crippen LogP contribution in [0.5, 0.6) is 5.75 Å². The van der Waals surface area contributed by atoms with Gasteiger partial charge in [-0.15, -0.1) is 0 Å². The van der Waals surface area contributed by atoms with Crippen molar-refractivity contribution in [2.24, 2.45) is 0 Å². The zero-order valence-electron chi connectivity index (χ0n) is 11.1. The van der Waals surface area contributed by atoms with E-state index in [1.807, 2.05) is 0 Å². The lowest BCUT2D eigenvalue weighted by Gasteiger charge is -2.17. The number of phenolic OH excluding ortho intramolecular Hbond substituents is 1. The fraction of sp³-hybridized carbons (Fsp3) is 0.250. The van der Waals surface area contributed by atoms with E-state index in [0.717, 1.165) is 18.5 Å². The number of rotatable bonds is 2. The molecule has 0 aliphatic heterocycles. The Balaban J connectivity index is 1.89. The molecular weight excluding hydrogens is 293 g/mol. The van der Waals surface area contributed by atoms with Crippen molar-refractivity contribution in [3.63, 3.8) is 0 Å². The van der Waals surface area contributed by atoms with E-state index in [-0.39, 0.29) is 21.8 Å². The number of hydrogen-bond donors (Lipinski definition) is 2. The molecule has 0 heterocycles. The highest BCUT2D eigenvalue weighted by Crippen LogP contribution is 2.38. The molecule has 104 valence electrons. The van der Waals surface area contributed by atoms with Gasteiger partial charge >= 0.3 is 0 Å². The number of aromatic hydroxyl groups is 1. The van der Waals surface area contributed by atoms with Gasteiger partial charge in [0, 0.05) is 5.69 Å². The van der Waals surface area contributed by atoms with Crippen LogP contribution < -0.4 is 5.32 Å². The van der Waals surface area contributed by atoms with Crippen LogP contribution in [-0.2, 0) is 6.42 Å². The molecule has 0 amide bonds. The predicted molar refractivity (Wildman–Crippen MR) is 84.0 cm³/mol. The van der Waals surface area contributed by atoms with Gasteiger partial charge < -0.3 is 10.4 Å². The van der Waals surface area contributed by atoms with Crippen molar-refractivity contribution in [3.8, 4) is 5.75 Å². The number of phenols is 1. The second-order valence-electron chi connectivity index (χ2n) is 5.23. The average Bonchev–Trinajstić information content (AvgIpc) is 2.78. The highest BCUT2D eigenvalue weighted by molar-refractivity contribution is 6.37. The lowest BCUT2D eigenvalue weighted by Crippen LogP contribution is -2.07. The van der Waals surface area contributed by atoms with Crippen LogP contribution in [0.4, 0.5) is 5.69 Å². The summed E-state index contributed by atoms with van der Waals surface area (Å²) in [5, 5.41) is 13.6. The third-order valence-corrected chi connectivity index (χ3v) is 4.31. The lowest BCUT2D eigenvalue weighted by molar-refractivity contribution is 0.476. The van der Waals surface area contributed by atoms with E-state index in [4.69, 9.17) is 23.2 Å². The molecule has 0 radical (unpaired) electrons. The first kappa shape index (κ1) is 13.6. The molecule has 0 spiro atoms. The maximum atomic E-state index is 9.59. The van der Waals surface area contributed by atoms with Gasteiger partial charge in [0.15, 0.2) is 5.75 Å². The van der Waals surface area contributed by atoms with E-state index in [1.165, 1.54) is 16.7 Å². The van der Waals surface area contributed by atoms with E-state index in [1.54, 1.807) is 12.1 Å². The van der Waals surface area contributed by atoms with E-state index < -0.39 is 0 Å². The van der Waals surface area contributed by atoms with Crippen molar-refractivity contribution in [2.45, 2.75) is 25.8 Å². The van der Waals surface area contributed by atoms with E-state index in [9.17, 15) is 5.11 Å². The zero-order valence-corrected chi connectivity index (χ0v) is 12.6. The summed E-state index contributed by atoms with van der Waals surface area (Å²) in [6.07, 6.45) is 2.13. The number of nitrogens with one attached hydrogen (secondary N) is 1. The molecule has 0 saturated heterocycles. The smallest absolute Gasteiger partial charge is 0.152 e. The number of anilines is 1. The Morgan fingerprint density at radius 1 is 1.15 bits per heavy atom. The van der Waals surface area contributed by atoms with Crippen LogP contribution in [0, 0.1) is 6.92 Å². The molecule has 2 nitrogen and oxygen atoms in total. The largest absolute Gasteiger partial charge is 0.505 e. The normalized spacial score (nSPS) is 17.1. The highest BCUT2D eigenvalue weighted by atomic mass is 35.5. The summed E-state index contributed by atoms with van der Waals surface area (Å²) < 4.78 is 0. The van der Waals surface area contributed by atoms with Gasteiger partial charge in [0.25, 0.3) is 0 Å². The third-order valence-electron chi connectivity index (χ3n) is 3.74. The summed E-state index contributed by atoms with van der Waals surface area (Å²) in [5.74, 6) is -0.0680. The second-order valence-corrected chi connectivity index (χ2v) is 6.04. The van der Waals surface area contributed by atoms with Gasteiger partial charge in [-0.1, -0.05) is 47.0 Å². The third kappa shape index (κ3) is 2.46. The van der Waals surface area contributed by atoms with Gasteiger partial charge in [0.2, 0.25) is 0 Å². The first-order valence-electron chi connectivity index (χ1n) is 6.58. The molecule has 2 aromatic carbocycles. The predicted octanol–water partition coefficient (Wildman–Crippen LogP) is 5.11. The quantitative estimate of drug-likeness (QED) is 0.756. The van der Waals surface area contributed by atoms with Crippen LogP contribution in [0.3, 0.4) is 0 Å². The van der Waals surface area contributed by atoms with Crippen molar-refractivity contribution in [1.82, 2.24) is 0 Å². The molecule has 4 heteroatoms. The number of benzene rings is 2. The first-order valence-corrected chi connectivity index (χ1v) is 7.34. The van der Waals surface area contributed by atoms with Crippen LogP contribution >= 0.6 is 23.2 Å². The minimum absolute atomic E-state index is 0.0680. The first-order chi connectivity index (χ1) is 9.54. The Hall–Kier alpha value is -1.38. The standard InChI is InChI=1S/C16H15Cl2NO/c1-9-2-3-10-4-5-15(12(10)6-9)19-11-7-13(17)16(20)14(18)8-11/h2-3,6-8,15,19-20H,4-5H2,1H3. The molecule has 20 heavy (non-hydrogen) atoms. The highest BCUT2D eigenvalue weighted by Gasteiger charge is 2.22. The van der Waals surface area contributed by atoms with E-state index in [2.05, 4.69) is 30.4 Å². The lowest BCUT2D eigenvalue weighted by atomic mass is 10.0. The van der Waals surface area contributed by atoms with Gasteiger partial charge in [-0.2, -0.15) is 0 Å². The van der Waals surface area contributed by atoms with Gasteiger partial charge in [-0.05, 0) is 43.0 Å². The van der Waals surface area contributed by atoms with Crippen molar-refractivity contribution in [2.75, 3.05) is 5.32 Å². The van der Waals surface area contributed by atoms with Crippen molar-refractivity contribution < 1.29 is 5.11 Å². The summed E-state index contributed by atoms with van der Waals surface area (Å²) in [6, 6.07) is 10.2. The van der Waals surface area contributed by atoms with Gasteiger partial charge in [-0.25, -0.2) is 0 Å². The Morgan fingerprint density at radius 3 is 2.55 bits per heavy atom. The summed E-state index contributed by atoms with van der Waals surface area (Å²) in [7, 11) is 0. The Labute approximate surface area is 128 Å². The van der Waals surface area contributed by atoms with Gasteiger partial charge in [0.05, 0.1) is 16.1 Å². The van der Waals surface area contributed by atoms with E-state index in [0.29, 0.717) is 0 Å². The maximum Gasteiger partial charge on any atom is 0.152 e. The van der Waals surface area contributed by atoms with Gasteiger partial charge in [-0.3, -0.25) is 0 Å². The van der Waals surface area contributed by atoms with Crippen LogP contribution in [0.25, 0.3) is 0 Å². The van der Waals surface area contributed by atoms with Crippen molar-refractivity contribution >= 4 is 28.9 Å². The maximum absolute atomic E-state index is 9.59. The molecule has 1 unspecified atom stereocenters. The SMILES string of the molecule is Cc1ccc2c(c1)C(Nc1cc(Cl)c(O)c(Cl)c1)CC2. The Kier molecular flexibility index (Phi) is 3.53. The molecule has 1 atom stereocenters. The monoisotopic (exact) mass is 307 g/mol. The molecule has 3 rings (SSSR count). The van der Waals surface area contributed by atoms with Crippen LogP contribution in [0.1, 0.15) is 29.2 Å².